The molecule has 0 radical (unpaired) electrons. The molecule has 1 aliphatic rings. The van der Waals surface area contributed by atoms with Crippen LogP contribution in [0.4, 0.5) is 0 Å². The van der Waals surface area contributed by atoms with Crippen molar-refractivity contribution in [1.29, 1.82) is 0 Å². The van der Waals surface area contributed by atoms with E-state index in [0.29, 0.717) is 30.8 Å². The molecule has 6 heteroatoms. The van der Waals surface area contributed by atoms with E-state index in [1.165, 1.54) is 19.3 Å². The summed E-state index contributed by atoms with van der Waals surface area (Å²) < 4.78 is 5.50. The summed E-state index contributed by atoms with van der Waals surface area (Å²) in [6.07, 6.45) is 5.00. The number of hydrogen-bond acceptors (Lipinski definition) is 4. The normalized spacial score (nSPS) is 16.1. The average molecular weight is 378 g/mol. The molecular formula is C21H35N3O3. The van der Waals surface area contributed by atoms with E-state index in [4.69, 9.17) is 4.42 Å². The summed E-state index contributed by atoms with van der Waals surface area (Å²) in [5, 5.41) is 3.00. The van der Waals surface area contributed by atoms with Gasteiger partial charge in [-0.25, -0.2) is 0 Å². The van der Waals surface area contributed by atoms with E-state index in [9.17, 15) is 9.59 Å². The largest absolute Gasteiger partial charge is 0.466 e. The Balaban J connectivity index is 1.83. The molecule has 0 unspecified atom stereocenters. The summed E-state index contributed by atoms with van der Waals surface area (Å²) in [6.45, 7) is 12.0. The highest BCUT2D eigenvalue weighted by molar-refractivity contribution is 5.95. The quantitative estimate of drug-likeness (QED) is 0.718. The lowest BCUT2D eigenvalue weighted by atomic mass is 10.1. The lowest BCUT2D eigenvalue weighted by molar-refractivity contribution is -0.121. The average Bonchev–Trinajstić information content (AvgIpc) is 3.00. The molecule has 0 aromatic carbocycles. The van der Waals surface area contributed by atoms with Crippen molar-refractivity contribution in [3.8, 4) is 0 Å². The minimum atomic E-state index is -0.0557. The van der Waals surface area contributed by atoms with Gasteiger partial charge in [-0.05, 0) is 59.2 Å². The molecule has 1 aliphatic heterocycles. The van der Waals surface area contributed by atoms with Gasteiger partial charge < -0.3 is 19.5 Å². The van der Waals surface area contributed by atoms with E-state index in [-0.39, 0.29) is 17.9 Å². The van der Waals surface area contributed by atoms with Crippen molar-refractivity contribution in [3.05, 3.63) is 23.2 Å². The van der Waals surface area contributed by atoms with Crippen molar-refractivity contribution in [1.82, 2.24) is 15.1 Å². The molecular weight excluding hydrogens is 342 g/mol. The fourth-order valence-corrected chi connectivity index (χ4v) is 3.59. The summed E-state index contributed by atoms with van der Waals surface area (Å²) in [4.78, 5) is 29.4. The lowest BCUT2D eigenvalue weighted by Gasteiger charge is -2.28. The van der Waals surface area contributed by atoms with Crippen LogP contribution in [0.2, 0.25) is 0 Å². The zero-order valence-corrected chi connectivity index (χ0v) is 17.3. The second-order valence-corrected chi connectivity index (χ2v) is 7.58. The zero-order valence-electron chi connectivity index (χ0n) is 17.3. The molecule has 1 saturated heterocycles. The maximum Gasteiger partial charge on any atom is 0.257 e. The van der Waals surface area contributed by atoms with Crippen molar-refractivity contribution in [2.45, 2.75) is 65.8 Å². The van der Waals surface area contributed by atoms with E-state index in [1.807, 2.05) is 20.8 Å². The van der Waals surface area contributed by atoms with Gasteiger partial charge in [0.25, 0.3) is 5.91 Å². The Morgan fingerprint density at radius 1 is 1.26 bits per heavy atom. The van der Waals surface area contributed by atoms with Crippen LogP contribution in [-0.4, -0.2) is 60.4 Å². The maximum absolute atomic E-state index is 12.9. The highest BCUT2D eigenvalue weighted by Crippen LogP contribution is 2.18. The van der Waals surface area contributed by atoms with E-state index in [2.05, 4.69) is 17.1 Å². The van der Waals surface area contributed by atoms with Gasteiger partial charge >= 0.3 is 0 Å². The zero-order chi connectivity index (χ0) is 19.8. The SMILES string of the molecule is CC[C@H](C)N(CCC(=O)NCCN1CCCCC1)C(=O)c1cc(C)oc1C. The Hall–Kier alpha value is -1.82. The molecule has 2 rings (SSSR count). The van der Waals surface area contributed by atoms with Gasteiger partial charge in [-0.1, -0.05) is 13.3 Å². The molecule has 152 valence electrons. The van der Waals surface area contributed by atoms with E-state index in [1.54, 1.807) is 11.0 Å². The molecule has 0 spiro atoms. The number of nitrogens with one attached hydrogen (secondary N) is 1. The van der Waals surface area contributed by atoms with Gasteiger partial charge in [0.2, 0.25) is 5.91 Å². The first kappa shape index (κ1) is 21.5. The Morgan fingerprint density at radius 2 is 1.96 bits per heavy atom. The molecule has 1 atom stereocenters. The third kappa shape index (κ3) is 6.38. The second-order valence-electron chi connectivity index (χ2n) is 7.58. The van der Waals surface area contributed by atoms with Gasteiger partial charge in [-0.2, -0.15) is 0 Å². The smallest absolute Gasteiger partial charge is 0.257 e. The van der Waals surface area contributed by atoms with Crippen LogP contribution >= 0.6 is 0 Å². The number of rotatable bonds is 9. The first-order valence-electron chi connectivity index (χ1n) is 10.3. The summed E-state index contributed by atoms with van der Waals surface area (Å²) in [5.41, 5.74) is 0.596. The molecule has 1 fully saturated rings. The Morgan fingerprint density at radius 3 is 2.56 bits per heavy atom. The summed E-state index contributed by atoms with van der Waals surface area (Å²) in [6, 6.07) is 1.86. The van der Waals surface area contributed by atoms with Crippen LogP contribution in [0.5, 0.6) is 0 Å². The van der Waals surface area contributed by atoms with Crippen molar-refractivity contribution in [2.24, 2.45) is 0 Å². The summed E-state index contributed by atoms with van der Waals surface area (Å²) >= 11 is 0. The first-order valence-corrected chi connectivity index (χ1v) is 10.3. The van der Waals surface area contributed by atoms with Crippen LogP contribution in [0.15, 0.2) is 10.5 Å². The van der Waals surface area contributed by atoms with E-state index >= 15 is 0 Å². The van der Waals surface area contributed by atoms with Gasteiger partial charge in [0.1, 0.15) is 11.5 Å². The molecule has 0 saturated carbocycles. The Bertz CT molecular complexity index is 620. The standard InChI is InChI=1S/C21H35N3O3/c1-5-16(2)24(21(26)19-15-17(3)27-18(19)4)13-9-20(25)22-10-14-23-11-7-6-8-12-23/h15-16H,5-14H2,1-4H3,(H,22,25)/t16-/m0/s1. The van der Waals surface area contributed by atoms with Crippen molar-refractivity contribution in [3.63, 3.8) is 0 Å². The van der Waals surface area contributed by atoms with Gasteiger partial charge in [0, 0.05) is 32.1 Å². The molecule has 1 aromatic heterocycles. The molecule has 1 aromatic rings. The third-order valence-corrected chi connectivity index (χ3v) is 5.43. The van der Waals surface area contributed by atoms with Crippen LogP contribution in [0.25, 0.3) is 0 Å². The number of carbonyl (C=O) groups excluding carboxylic acids is 2. The number of carbonyl (C=O) groups is 2. The molecule has 0 bridgehead atoms. The van der Waals surface area contributed by atoms with Crippen LogP contribution in [0.3, 0.4) is 0 Å². The highest BCUT2D eigenvalue weighted by atomic mass is 16.3. The van der Waals surface area contributed by atoms with E-state index in [0.717, 1.165) is 31.8 Å². The van der Waals surface area contributed by atoms with Crippen molar-refractivity contribution < 1.29 is 14.0 Å². The predicted octanol–water partition coefficient (Wildman–Crippen LogP) is 3.13. The molecule has 0 aliphatic carbocycles. The fourth-order valence-electron chi connectivity index (χ4n) is 3.59. The number of likely N-dealkylation sites (tertiary alicyclic amines) is 1. The molecule has 2 amide bonds. The number of amides is 2. The monoisotopic (exact) mass is 377 g/mol. The number of piperidine rings is 1. The summed E-state index contributed by atoms with van der Waals surface area (Å²) in [7, 11) is 0. The van der Waals surface area contributed by atoms with Gasteiger partial charge in [0.15, 0.2) is 0 Å². The van der Waals surface area contributed by atoms with Gasteiger partial charge in [-0.15, -0.1) is 0 Å². The third-order valence-electron chi connectivity index (χ3n) is 5.43. The number of furan rings is 1. The van der Waals surface area contributed by atoms with Gasteiger partial charge in [0.05, 0.1) is 5.56 Å². The Kier molecular flexibility index (Phi) is 8.35. The predicted molar refractivity (Wildman–Crippen MR) is 107 cm³/mol. The Labute approximate surface area is 163 Å². The maximum atomic E-state index is 12.9. The van der Waals surface area contributed by atoms with Crippen LogP contribution in [-0.2, 0) is 4.79 Å². The van der Waals surface area contributed by atoms with Crippen LogP contribution in [0.1, 0.15) is 67.8 Å². The molecule has 27 heavy (non-hydrogen) atoms. The second kappa shape index (κ2) is 10.5. The number of nitrogens with zero attached hydrogens (tertiary/aromatic N) is 2. The van der Waals surface area contributed by atoms with Crippen LogP contribution < -0.4 is 5.32 Å². The van der Waals surface area contributed by atoms with Gasteiger partial charge in [-0.3, -0.25) is 9.59 Å². The lowest BCUT2D eigenvalue weighted by Crippen LogP contribution is -2.42. The first-order chi connectivity index (χ1) is 12.9. The number of aryl methyl sites for hydroxylation is 2. The van der Waals surface area contributed by atoms with E-state index < -0.39 is 0 Å². The fraction of sp³-hybridized carbons (Fsp3) is 0.714. The molecule has 1 N–H and O–H groups in total. The van der Waals surface area contributed by atoms with Crippen molar-refractivity contribution in [2.75, 3.05) is 32.7 Å². The minimum absolute atomic E-state index is 0.00760. The highest BCUT2D eigenvalue weighted by Gasteiger charge is 2.24. The topological polar surface area (TPSA) is 65.8 Å². The minimum Gasteiger partial charge on any atom is -0.466 e. The summed E-state index contributed by atoms with van der Waals surface area (Å²) in [5.74, 6) is 1.32. The number of hydrogen-bond donors (Lipinski definition) is 1. The van der Waals surface area contributed by atoms with Crippen molar-refractivity contribution >= 4 is 11.8 Å². The molecule has 2 heterocycles. The van der Waals surface area contributed by atoms with Crippen LogP contribution in [0, 0.1) is 13.8 Å². The molecule has 6 nitrogen and oxygen atoms in total.